The molecular formula is C24H24N2O2S. The van der Waals surface area contributed by atoms with Crippen LogP contribution in [0.3, 0.4) is 0 Å². The van der Waals surface area contributed by atoms with Crippen molar-refractivity contribution in [3.63, 3.8) is 0 Å². The Balaban J connectivity index is 1.89. The van der Waals surface area contributed by atoms with Crippen LogP contribution in [-0.4, -0.2) is 11.8 Å². The van der Waals surface area contributed by atoms with Crippen LogP contribution in [0.15, 0.2) is 59.6 Å². The molecule has 2 N–H and O–H groups in total. The van der Waals surface area contributed by atoms with E-state index in [1.54, 1.807) is 18.2 Å². The van der Waals surface area contributed by atoms with Crippen LogP contribution < -0.4 is 10.6 Å². The van der Waals surface area contributed by atoms with Crippen LogP contribution in [0, 0.1) is 27.7 Å². The number of carbonyl (C=O) groups excluding carboxylic acids is 2. The molecule has 29 heavy (non-hydrogen) atoms. The first kappa shape index (κ1) is 20.6. The second-order valence-corrected chi connectivity index (χ2v) is 8.10. The molecule has 1 heterocycles. The minimum Gasteiger partial charge on any atom is -0.320 e. The molecule has 0 aliphatic rings. The van der Waals surface area contributed by atoms with Gasteiger partial charge in [0.2, 0.25) is 0 Å². The summed E-state index contributed by atoms with van der Waals surface area (Å²) in [6.07, 6.45) is 1.70. The van der Waals surface area contributed by atoms with E-state index in [9.17, 15) is 9.59 Å². The first-order chi connectivity index (χ1) is 13.8. The molecule has 2 amide bonds. The fourth-order valence-corrected chi connectivity index (χ4v) is 3.79. The normalized spacial score (nSPS) is 11.2. The number of rotatable bonds is 5. The molecule has 0 radical (unpaired) electrons. The van der Waals surface area contributed by atoms with Crippen molar-refractivity contribution in [2.24, 2.45) is 0 Å². The predicted octanol–water partition coefficient (Wildman–Crippen LogP) is 5.39. The van der Waals surface area contributed by atoms with Gasteiger partial charge >= 0.3 is 0 Å². The quantitative estimate of drug-likeness (QED) is 0.560. The molecule has 5 heteroatoms. The molecule has 0 unspecified atom stereocenters. The third-order valence-corrected chi connectivity index (χ3v) is 5.37. The highest BCUT2D eigenvalue weighted by molar-refractivity contribution is 7.10. The molecule has 3 aromatic rings. The number of thiophene rings is 1. The van der Waals surface area contributed by atoms with Crippen molar-refractivity contribution in [1.82, 2.24) is 5.32 Å². The van der Waals surface area contributed by atoms with Gasteiger partial charge in [-0.15, -0.1) is 11.3 Å². The second-order valence-electron chi connectivity index (χ2n) is 7.12. The van der Waals surface area contributed by atoms with E-state index in [0.717, 1.165) is 32.8 Å². The van der Waals surface area contributed by atoms with E-state index < -0.39 is 0 Å². The van der Waals surface area contributed by atoms with E-state index in [1.165, 1.54) is 11.3 Å². The van der Waals surface area contributed by atoms with Gasteiger partial charge in [-0.05, 0) is 68.5 Å². The van der Waals surface area contributed by atoms with Gasteiger partial charge in [0.25, 0.3) is 11.8 Å². The minimum atomic E-state index is -0.353. The van der Waals surface area contributed by atoms with Gasteiger partial charge in [-0.1, -0.05) is 41.5 Å². The summed E-state index contributed by atoms with van der Waals surface area (Å²) in [6, 6.07) is 15.1. The van der Waals surface area contributed by atoms with E-state index in [-0.39, 0.29) is 17.5 Å². The third-order valence-electron chi connectivity index (χ3n) is 4.55. The Labute approximate surface area is 175 Å². The van der Waals surface area contributed by atoms with Crippen molar-refractivity contribution in [2.75, 3.05) is 5.32 Å². The zero-order valence-electron chi connectivity index (χ0n) is 17.0. The highest BCUT2D eigenvalue weighted by atomic mass is 32.1. The highest BCUT2D eigenvalue weighted by Gasteiger charge is 2.17. The van der Waals surface area contributed by atoms with Gasteiger partial charge in [-0.3, -0.25) is 9.59 Å². The maximum absolute atomic E-state index is 13.1. The lowest BCUT2D eigenvalue weighted by atomic mass is 10.0. The van der Waals surface area contributed by atoms with Crippen molar-refractivity contribution >= 4 is 34.9 Å². The SMILES string of the molecule is Cc1ccc(C(=O)N/C(=C\c2cccs2)C(=O)Nc2c(C)cc(C)cc2C)cc1. The van der Waals surface area contributed by atoms with Crippen LogP contribution >= 0.6 is 11.3 Å². The molecule has 0 saturated carbocycles. The Morgan fingerprint density at radius 1 is 0.897 bits per heavy atom. The summed E-state index contributed by atoms with van der Waals surface area (Å²) in [6.45, 7) is 7.91. The summed E-state index contributed by atoms with van der Waals surface area (Å²) in [4.78, 5) is 26.6. The Morgan fingerprint density at radius 2 is 1.55 bits per heavy atom. The molecule has 1 aromatic heterocycles. The number of amides is 2. The molecule has 0 fully saturated rings. The lowest BCUT2D eigenvalue weighted by molar-refractivity contribution is -0.113. The number of hydrogen-bond acceptors (Lipinski definition) is 3. The Bertz CT molecular complexity index is 1040. The molecule has 0 bridgehead atoms. The Kier molecular flexibility index (Phi) is 6.29. The number of nitrogens with one attached hydrogen (secondary N) is 2. The van der Waals surface area contributed by atoms with Crippen molar-refractivity contribution in [2.45, 2.75) is 27.7 Å². The highest BCUT2D eigenvalue weighted by Crippen LogP contribution is 2.23. The number of aryl methyl sites for hydroxylation is 4. The lowest BCUT2D eigenvalue weighted by Gasteiger charge is -2.15. The third kappa shape index (κ3) is 5.21. The van der Waals surface area contributed by atoms with Gasteiger partial charge in [0.1, 0.15) is 5.70 Å². The van der Waals surface area contributed by atoms with Gasteiger partial charge in [0.05, 0.1) is 0 Å². The molecule has 0 saturated heterocycles. The fourth-order valence-electron chi connectivity index (χ4n) is 3.13. The first-order valence-corrected chi connectivity index (χ1v) is 10.2. The summed E-state index contributed by atoms with van der Waals surface area (Å²) in [7, 11) is 0. The maximum Gasteiger partial charge on any atom is 0.272 e. The molecule has 148 valence electrons. The predicted molar refractivity (Wildman–Crippen MR) is 120 cm³/mol. The van der Waals surface area contributed by atoms with E-state index >= 15 is 0 Å². The Morgan fingerprint density at radius 3 is 2.14 bits per heavy atom. The van der Waals surface area contributed by atoms with E-state index in [1.807, 2.05) is 69.5 Å². The topological polar surface area (TPSA) is 58.2 Å². The van der Waals surface area contributed by atoms with Gasteiger partial charge < -0.3 is 10.6 Å². The fraction of sp³-hybridized carbons (Fsp3) is 0.167. The molecular weight excluding hydrogens is 380 g/mol. The largest absolute Gasteiger partial charge is 0.320 e. The van der Waals surface area contributed by atoms with Crippen LogP contribution in [0.4, 0.5) is 5.69 Å². The summed E-state index contributed by atoms with van der Waals surface area (Å²) < 4.78 is 0. The average Bonchev–Trinajstić information content (AvgIpc) is 3.17. The second kappa shape index (κ2) is 8.88. The number of hydrogen-bond donors (Lipinski definition) is 2. The molecule has 0 aliphatic carbocycles. The van der Waals surface area contributed by atoms with Gasteiger partial charge in [-0.2, -0.15) is 0 Å². The number of anilines is 1. The summed E-state index contributed by atoms with van der Waals surface area (Å²) >= 11 is 1.50. The van der Waals surface area contributed by atoms with Crippen molar-refractivity contribution in [1.29, 1.82) is 0 Å². The number of carbonyl (C=O) groups is 2. The minimum absolute atomic E-state index is 0.206. The van der Waals surface area contributed by atoms with Crippen LogP contribution in [0.5, 0.6) is 0 Å². The van der Waals surface area contributed by atoms with Gasteiger partial charge in [-0.25, -0.2) is 0 Å². The van der Waals surface area contributed by atoms with E-state index in [2.05, 4.69) is 10.6 Å². The number of benzene rings is 2. The van der Waals surface area contributed by atoms with Crippen molar-refractivity contribution in [3.05, 3.63) is 92.3 Å². The molecule has 0 aliphatic heterocycles. The van der Waals surface area contributed by atoms with Gasteiger partial charge in [0.15, 0.2) is 0 Å². The molecule has 2 aromatic carbocycles. The van der Waals surface area contributed by atoms with Crippen molar-refractivity contribution < 1.29 is 9.59 Å². The molecule has 0 atom stereocenters. The molecule has 3 rings (SSSR count). The maximum atomic E-state index is 13.1. The first-order valence-electron chi connectivity index (χ1n) is 9.36. The Hall–Kier alpha value is -3.18. The zero-order chi connectivity index (χ0) is 21.0. The summed E-state index contributed by atoms with van der Waals surface area (Å²) in [5.74, 6) is -0.672. The van der Waals surface area contributed by atoms with Crippen LogP contribution in [0.25, 0.3) is 6.08 Å². The molecule has 4 nitrogen and oxygen atoms in total. The van der Waals surface area contributed by atoms with Crippen LogP contribution in [0.2, 0.25) is 0 Å². The van der Waals surface area contributed by atoms with E-state index in [0.29, 0.717) is 5.56 Å². The standard InChI is InChI=1S/C24H24N2O2S/c1-15-7-9-19(10-8-15)23(27)25-21(14-20-6-5-11-29-20)24(28)26-22-17(3)12-16(2)13-18(22)4/h5-14H,1-4H3,(H,25,27)(H,26,28)/b21-14-. The smallest absolute Gasteiger partial charge is 0.272 e. The summed E-state index contributed by atoms with van der Waals surface area (Å²) in [5, 5.41) is 7.67. The zero-order valence-corrected chi connectivity index (χ0v) is 17.8. The van der Waals surface area contributed by atoms with Gasteiger partial charge in [0, 0.05) is 16.1 Å². The monoisotopic (exact) mass is 404 g/mol. The summed E-state index contributed by atoms with van der Waals surface area (Å²) in [5.41, 5.74) is 5.65. The van der Waals surface area contributed by atoms with Crippen molar-refractivity contribution in [3.8, 4) is 0 Å². The van der Waals surface area contributed by atoms with Crippen LogP contribution in [-0.2, 0) is 4.79 Å². The average molecular weight is 405 g/mol. The lowest BCUT2D eigenvalue weighted by Crippen LogP contribution is -2.31. The van der Waals surface area contributed by atoms with Crippen LogP contribution in [0.1, 0.15) is 37.5 Å². The van der Waals surface area contributed by atoms with E-state index in [4.69, 9.17) is 0 Å². The molecule has 0 spiro atoms.